The zero-order valence-electron chi connectivity index (χ0n) is 13.6. The molecular formula is C19H19N3O2. The molecule has 5 heteroatoms. The molecular weight excluding hydrogens is 302 g/mol. The minimum absolute atomic E-state index is 0.0782. The Morgan fingerprint density at radius 3 is 3.04 bits per heavy atom. The van der Waals surface area contributed by atoms with Crippen LogP contribution in [-0.2, 0) is 0 Å². The van der Waals surface area contributed by atoms with Crippen molar-refractivity contribution in [3.63, 3.8) is 0 Å². The first kappa shape index (κ1) is 14.9. The molecule has 1 aromatic carbocycles. The molecule has 0 bridgehead atoms. The van der Waals surface area contributed by atoms with E-state index in [-0.39, 0.29) is 11.8 Å². The molecule has 24 heavy (non-hydrogen) atoms. The normalized spacial score (nSPS) is 18.0. The number of carbonyl (C=O) groups excluding carboxylic acids is 1. The van der Waals surface area contributed by atoms with E-state index in [2.05, 4.69) is 9.97 Å². The molecule has 5 nitrogen and oxygen atoms in total. The molecule has 1 fully saturated rings. The Hall–Kier alpha value is -2.69. The minimum atomic E-state index is 0.0782. The Labute approximate surface area is 140 Å². The second-order valence-corrected chi connectivity index (χ2v) is 6.33. The van der Waals surface area contributed by atoms with Crippen molar-refractivity contribution in [1.82, 2.24) is 14.9 Å². The van der Waals surface area contributed by atoms with E-state index in [9.17, 15) is 4.79 Å². The topological polar surface area (TPSA) is 59.2 Å². The fourth-order valence-corrected chi connectivity index (χ4v) is 3.44. The second-order valence-electron chi connectivity index (χ2n) is 6.33. The van der Waals surface area contributed by atoms with E-state index in [4.69, 9.17) is 4.42 Å². The number of aryl methyl sites for hydroxylation is 1. The van der Waals surface area contributed by atoms with Crippen LogP contribution in [0.5, 0.6) is 0 Å². The maximum absolute atomic E-state index is 12.9. The summed E-state index contributed by atoms with van der Waals surface area (Å²) in [5.41, 5.74) is 2.55. The molecule has 1 aliphatic rings. The van der Waals surface area contributed by atoms with Crippen LogP contribution in [0.2, 0.25) is 0 Å². The van der Waals surface area contributed by atoms with Crippen LogP contribution in [0.3, 0.4) is 0 Å². The van der Waals surface area contributed by atoms with Gasteiger partial charge in [-0.1, -0.05) is 0 Å². The largest absolute Gasteiger partial charge is 0.461 e. The summed E-state index contributed by atoms with van der Waals surface area (Å²) < 4.78 is 5.58. The van der Waals surface area contributed by atoms with Crippen LogP contribution in [0.25, 0.3) is 11.0 Å². The van der Waals surface area contributed by atoms with Gasteiger partial charge in [0.2, 0.25) is 0 Å². The molecule has 2 aromatic heterocycles. The molecule has 1 aliphatic heterocycles. The monoisotopic (exact) mass is 321 g/mol. The SMILES string of the molecule is Cc1cc2cc(C(=O)N3CCC[C@H](c4ccncn4)C3)ccc2o1. The first-order valence-corrected chi connectivity index (χ1v) is 8.26. The standard InChI is InChI=1S/C19H19N3O2/c1-13-9-16-10-14(4-5-18(16)24-13)19(23)22-8-2-3-15(11-22)17-6-7-20-12-21-17/h4-7,9-10,12,15H,2-3,8,11H2,1H3/t15-/m0/s1. The molecule has 1 amide bonds. The highest BCUT2D eigenvalue weighted by Gasteiger charge is 2.26. The Morgan fingerprint density at radius 1 is 1.29 bits per heavy atom. The summed E-state index contributed by atoms with van der Waals surface area (Å²) >= 11 is 0. The van der Waals surface area contributed by atoms with E-state index in [1.54, 1.807) is 12.5 Å². The zero-order chi connectivity index (χ0) is 16.5. The second kappa shape index (κ2) is 6.07. The number of likely N-dealkylation sites (tertiary alicyclic amines) is 1. The predicted octanol–water partition coefficient (Wildman–Crippen LogP) is 3.55. The van der Waals surface area contributed by atoms with Gasteiger partial charge >= 0.3 is 0 Å². The fraction of sp³-hybridized carbons (Fsp3) is 0.316. The lowest BCUT2D eigenvalue weighted by atomic mass is 9.94. The molecule has 0 aliphatic carbocycles. The van der Waals surface area contributed by atoms with Gasteiger partial charge in [0.1, 0.15) is 17.7 Å². The van der Waals surface area contributed by atoms with Crippen molar-refractivity contribution >= 4 is 16.9 Å². The molecule has 1 saturated heterocycles. The van der Waals surface area contributed by atoms with E-state index < -0.39 is 0 Å². The van der Waals surface area contributed by atoms with Crippen molar-refractivity contribution in [3.05, 3.63) is 59.9 Å². The number of amides is 1. The lowest BCUT2D eigenvalue weighted by molar-refractivity contribution is 0.0706. The van der Waals surface area contributed by atoms with Gasteiger partial charge in [-0.05, 0) is 50.1 Å². The van der Waals surface area contributed by atoms with Crippen LogP contribution in [0.4, 0.5) is 0 Å². The van der Waals surface area contributed by atoms with Crippen LogP contribution < -0.4 is 0 Å². The van der Waals surface area contributed by atoms with Crippen molar-refractivity contribution in [2.24, 2.45) is 0 Å². The highest BCUT2D eigenvalue weighted by atomic mass is 16.3. The van der Waals surface area contributed by atoms with E-state index in [0.717, 1.165) is 41.8 Å². The van der Waals surface area contributed by atoms with Gasteiger partial charge in [0.25, 0.3) is 5.91 Å². The number of aromatic nitrogens is 2. The average molecular weight is 321 g/mol. The van der Waals surface area contributed by atoms with Crippen molar-refractivity contribution in [3.8, 4) is 0 Å². The number of nitrogens with zero attached hydrogens (tertiary/aromatic N) is 3. The molecule has 122 valence electrons. The third kappa shape index (κ3) is 2.77. The number of benzene rings is 1. The third-order valence-electron chi connectivity index (χ3n) is 4.62. The average Bonchev–Trinajstić information content (AvgIpc) is 3.01. The van der Waals surface area contributed by atoms with Crippen molar-refractivity contribution in [1.29, 1.82) is 0 Å². The van der Waals surface area contributed by atoms with Gasteiger partial charge in [-0.25, -0.2) is 9.97 Å². The van der Waals surface area contributed by atoms with Gasteiger partial charge in [0, 0.05) is 41.8 Å². The predicted molar refractivity (Wildman–Crippen MR) is 90.9 cm³/mol. The summed E-state index contributed by atoms with van der Waals surface area (Å²) in [4.78, 5) is 23.1. The van der Waals surface area contributed by atoms with E-state index in [0.29, 0.717) is 12.1 Å². The molecule has 0 N–H and O–H groups in total. The maximum atomic E-state index is 12.9. The van der Waals surface area contributed by atoms with Crippen molar-refractivity contribution < 1.29 is 9.21 Å². The Kier molecular flexibility index (Phi) is 3.76. The number of rotatable bonds is 2. The highest BCUT2D eigenvalue weighted by molar-refractivity contribution is 5.98. The van der Waals surface area contributed by atoms with E-state index in [1.165, 1.54) is 0 Å². The van der Waals surface area contributed by atoms with Gasteiger partial charge in [-0.3, -0.25) is 4.79 Å². The molecule has 0 radical (unpaired) electrons. The lowest BCUT2D eigenvalue weighted by Gasteiger charge is -2.32. The van der Waals surface area contributed by atoms with Crippen LogP contribution in [-0.4, -0.2) is 33.9 Å². The number of carbonyl (C=O) groups is 1. The minimum Gasteiger partial charge on any atom is -0.461 e. The Balaban J connectivity index is 1.56. The first-order valence-electron chi connectivity index (χ1n) is 8.26. The van der Waals surface area contributed by atoms with Crippen LogP contribution in [0.1, 0.15) is 40.6 Å². The molecule has 3 heterocycles. The summed E-state index contributed by atoms with van der Waals surface area (Å²) in [5.74, 6) is 1.22. The quantitative estimate of drug-likeness (QED) is 0.724. The van der Waals surface area contributed by atoms with Crippen LogP contribution in [0.15, 0.2) is 47.3 Å². The van der Waals surface area contributed by atoms with Gasteiger partial charge in [-0.2, -0.15) is 0 Å². The summed E-state index contributed by atoms with van der Waals surface area (Å²) in [6, 6.07) is 9.55. The van der Waals surface area contributed by atoms with Crippen molar-refractivity contribution in [2.45, 2.75) is 25.7 Å². The summed E-state index contributed by atoms with van der Waals surface area (Å²) in [5, 5.41) is 0.975. The van der Waals surface area contributed by atoms with Crippen molar-refractivity contribution in [2.75, 3.05) is 13.1 Å². The molecule has 0 unspecified atom stereocenters. The van der Waals surface area contributed by atoms with Gasteiger partial charge in [-0.15, -0.1) is 0 Å². The molecule has 1 atom stereocenters. The van der Waals surface area contributed by atoms with Gasteiger partial charge < -0.3 is 9.32 Å². The highest BCUT2D eigenvalue weighted by Crippen LogP contribution is 2.27. The molecule has 4 rings (SSSR count). The number of fused-ring (bicyclic) bond motifs is 1. The van der Waals surface area contributed by atoms with Gasteiger partial charge in [0.05, 0.1) is 0 Å². The number of hydrogen-bond donors (Lipinski definition) is 0. The summed E-state index contributed by atoms with van der Waals surface area (Å²) in [6.45, 7) is 3.42. The lowest BCUT2D eigenvalue weighted by Crippen LogP contribution is -2.39. The number of piperidine rings is 1. The van der Waals surface area contributed by atoms with Crippen LogP contribution >= 0.6 is 0 Å². The maximum Gasteiger partial charge on any atom is 0.253 e. The summed E-state index contributed by atoms with van der Waals surface area (Å²) in [6.07, 6.45) is 5.39. The summed E-state index contributed by atoms with van der Waals surface area (Å²) in [7, 11) is 0. The third-order valence-corrected chi connectivity index (χ3v) is 4.62. The van der Waals surface area contributed by atoms with Crippen LogP contribution in [0, 0.1) is 6.92 Å². The molecule has 0 saturated carbocycles. The molecule has 3 aromatic rings. The van der Waals surface area contributed by atoms with E-state index in [1.807, 2.05) is 42.2 Å². The van der Waals surface area contributed by atoms with Gasteiger partial charge in [0.15, 0.2) is 0 Å². The Bertz CT molecular complexity index is 873. The zero-order valence-corrected chi connectivity index (χ0v) is 13.6. The Morgan fingerprint density at radius 2 is 2.21 bits per heavy atom. The number of furan rings is 1. The van der Waals surface area contributed by atoms with E-state index >= 15 is 0 Å². The smallest absolute Gasteiger partial charge is 0.253 e. The first-order chi connectivity index (χ1) is 11.7. The fourth-order valence-electron chi connectivity index (χ4n) is 3.44. The molecule has 0 spiro atoms. The number of hydrogen-bond acceptors (Lipinski definition) is 4.